The van der Waals surface area contributed by atoms with E-state index in [0.717, 1.165) is 5.56 Å². The average molecular weight is 392 g/mol. The molecule has 1 aromatic carbocycles. The molecular formula is C18H22ClN5OS. The predicted molar refractivity (Wildman–Crippen MR) is 104 cm³/mol. The summed E-state index contributed by atoms with van der Waals surface area (Å²) in [6, 6.07) is 9.59. The molecule has 0 saturated heterocycles. The van der Waals surface area contributed by atoms with E-state index in [-0.39, 0.29) is 17.6 Å². The molecule has 1 atom stereocenters. The number of thioether (sulfide) groups is 1. The lowest BCUT2D eigenvalue weighted by atomic mass is 9.90. The van der Waals surface area contributed by atoms with Crippen LogP contribution in [0, 0.1) is 17.2 Å². The molecule has 8 heteroatoms. The second-order valence-electron chi connectivity index (χ2n) is 6.37. The number of nitriles is 1. The van der Waals surface area contributed by atoms with Crippen LogP contribution in [0.5, 0.6) is 0 Å². The first-order valence-corrected chi connectivity index (χ1v) is 9.71. The zero-order valence-corrected chi connectivity index (χ0v) is 16.9. The summed E-state index contributed by atoms with van der Waals surface area (Å²) in [5, 5.41) is 21.8. The van der Waals surface area contributed by atoms with Crippen molar-refractivity contribution in [3.05, 3.63) is 29.3 Å². The van der Waals surface area contributed by atoms with Gasteiger partial charge in [0.2, 0.25) is 5.91 Å². The third-order valence-corrected chi connectivity index (χ3v) is 5.44. The van der Waals surface area contributed by atoms with Crippen LogP contribution in [0.2, 0.25) is 5.02 Å². The molecule has 1 heterocycles. The SMILES string of the molecule is CCn1c(SCC(=O)NC(C)(C#N)C(C)C)nnc1-c1cccc(Cl)c1. The van der Waals surface area contributed by atoms with Crippen molar-refractivity contribution in [2.24, 2.45) is 5.92 Å². The van der Waals surface area contributed by atoms with Crippen LogP contribution in [0.1, 0.15) is 27.7 Å². The molecule has 0 aliphatic rings. The van der Waals surface area contributed by atoms with Crippen LogP contribution in [-0.2, 0) is 11.3 Å². The summed E-state index contributed by atoms with van der Waals surface area (Å²) in [5.74, 6) is 0.678. The van der Waals surface area contributed by atoms with Gasteiger partial charge in [-0.25, -0.2) is 0 Å². The smallest absolute Gasteiger partial charge is 0.231 e. The van der Waals surface area contributed by atoms with Crippen LogP contribution in [0.25, 0.3) is 11.4 Å². The van der Waals surface area contributed by atoms with Crippen molar-refractivity contribution in [3.63, 3.8) is 0 Å². The van der Waals surface area contributed by atoms with Crippen molar-refractivity contribution in [2.75, 3.05) is 5.75 Å². The molecule has 0 bridgehead atoms. The molecule has 26 heavy (non-hydrogen) atoms. The lowest BCUT2D eigenvalue weighted by Crippen LogP contribution is -2.49. The molecule has 0 aliphatic carbocycles. The first kappa shape index (κ1) is 20.3. The van der Waals surface area contributed by atoms with Gasteiger partial charge in [-0.1, -0.05) is 49.3 Å². The van der Waals surface area contributed by atoms with E-state index in [4.69, 9.17) is 11.6 Å². The Bertz CT molecular complexity index is 829. The van der Waals surface area contributed by atoms with Crippen molar-refractivity contribution in [1.82, 2.24) is 20.1 Å². The number of rotatable bonds is 7. The molecule has 0 saturated carbocycles. The van der Waals surface area contributed by atoms with E-state index in [1.165, 1.54) is 11.8 Å². The molecule has 1 amide bonds. The lowest BCUT2D eigenvalue weighted by Gasteiger charge is -2.27. The van der Waals surface area contributed by atoms with Crippen molar-refractivity contribution in [1.29, 1.82) is 5.26 Å². The minimum absolute atomic E-state index is 0.00942. The average Bonchev–Trinajstić information content (AvgIpc) is 3.02. The Morgan fingerprint density at radius 3 is 2.77 bits per heavy atom. The van der Waals surface area contributed by atoms with Crippen molar-refractivity contribution >= 4 is 29.3 Å². The van der Waals surface area contributed by atoms with E-state index in [9.17, 15) is 10.1 Å². The van der Waals surface area contributed by atoms with Gasteiger partial charge >= 0.3 is 0 Å². The molecule has 1 N–H and O–H groups in total. The molecule has 6 nitrogen and oxygen atoms in total. The molecule has 0 aliphatic heterocycles. The second-order valence-corrected chi connectivity index (χ2v) is 7.75. The molecule has 1 aromatic heterocycles. The van der Waals surface area contributed by atoms with Gasteiger partial charge in [0.1, 0.15) is 5.54 Å². The van der Waals surface area contributed by atoms with E-state index >= 15 is 0 Å². The Balaban J connectivity index is 2.12. The molecule has 2 aromatic rings. The van der Waals surface area contributed by atoms with Gasteiger partial charge in [0, 0.05) is 17.1 Å². The third-order valence-electron chi connectivity index (χ3n) is 4.23. The van der Waals surface area contributed by atoms with Gasteiger partial charge in [0.25, 0.3) is 0 Å². The topological polar surface area (TPSA) is 83.6 Å². The summed E-state index contributed by atoms with van der Waals surface area (Å²) in [6.45, 7) is 8.20. The first-order valence-electron chi connectivity index (χ1n) is 8.35. The Morgan fingerprint density at radius 1 is 1.46 bits per heavy atom. The standard InChI is InChI=1S/C18H22ClN5OS/c1-5-24-16(13-7-6-8-14(19)9-13)22-23-17(24)26-10-15(25)21-18(4,11-20)12(2)3/h6-9,12H,5,10H2,1-4H3,(H,21,25). The van der Waals surface area contributed by atoms with E-state index in [0.29, 0.717) is 22.5 Å². The maximum Gasteiger partial charge on any atom is 0.231 e. The van der Waals surface area contributed by atoms with Crippen molar-refractivity contribution in [2.45, 2.75) is 44.9 Å². The highest BCUT2D eigenvalue weighted by Crippen LogP contribution is 2.26. The molecule has 0 radical (unpaired) electrons. The first-order chi connectivity index (χ1) is 12.3. The predicted octanol–water partition coefficient (Wildman–Crippen LogP) is 3.76. The number of benzene rings is 1. The third kappa shape index (κ3) is 4.57. The molecule has 2 rings (SSSR count). The summed E-state index contributed by atoms with van der Waals surface area (Å²) < 4.78 is 1.94. The number of halogens is 1. The van der Waals surface area contributed by atoms with E-state index in [1.54, 1.807) is 13.0 Å². The van der Waals surface area contributed by atoms with Crippen LogP contribution in [0.15, 0.2) is 29.4 Å². The Labute approximate surface area is 162 Å². The van der Waals surface area contributed by atoms with E-state index in [1.807, 2.05) is 43.5 Å². The number of nitrogens with zero attached hydrogens (tertiary/aromatic N) is 4. The maximum absolute atomic E-state index is 12.3. The van der Waals surface area contributed by atoms with Gasteiger partial charge in [-0.05, 0) is 31.9 Å². The fraction of sp³-hybridized carbons (Fsp3) is 0.444. The van der Waals surface area contributed by atoms with E-state index in [2.05, 4.69) is 21.6 Å². The van der Waals surface area contributed by atoms with Gasteiger partial charge in [-0.3, -0.25) is 4.79 Å². The fourth-order valence-electron chi connectivity index (χ4n) is 2.28. The normalized spacial score (nSPS) is 13.3. The molecule has 0 spiro atoms. The van der Waals surface area contributed by atoms with Gasteiger partial charge in [0.05, 0.1) is 11.8 Å². The summed E-state index contributed by atoms with van der Waals surface area (Å²) in [6.07, 6.45) is 0. The summed E-state index contributed by atoms with van der Waals surface area (Å²) >= 11 is 7.36. The van der Waals surface area contributed by atoms with Crippen LogP contribution in [0.3, 0.4) is 0 Å². The Kier molecular flexibility index (Phi) is 6.68. The van der Waals surface area contributed by atoms with Gasteiger partial charge in [-0.2, -0.15) is 5.26 Å². The highest BCUT2D eigenvalue weighted by molar-refractivity contribution is 7.99. The highest BCUT2D eigenvalue weighted by Gasteiger charge is 2.30. The lowest BCUT2D eigenvalue weighted by molar-refractivity contribution is -0.120. The van der Waals surface area contributed by atoms with Gasteiger partial charge < -0.3 is 9.88 Å². The number of carbonyl (C=O) groups excluding carboxylic acids is 1. The molecule has 138 valence electrons. The van der Waals surface area contributed by atoms with Gasteiger partial charge in [-0.15, -0.1) is 10.2 Å². The number of aromatic nitrogens is 3. The summed E-state index contributed by atoms with van der Waals surface area (Å²) in [5.41, 5.74) is -0.0119. The van der Waals surface area contributed by atoms with Crippen molar-refractivity contribution < 1.29 is 4.79 Å². The highest BCUT2D eigenvalue weighted by atomic mass is 35.5. The molecular weight excluding hydrogens is 370 g/mol. The zero-order chi connectivity index (χ0) is 19.3. The number of hydrogen-bond acceptors (Lipinski definition) is 5. The monoisotopic (exact) mass is 391 g/mol. The van der Waals surface area contributed by atoms with Crippen LogP contribution >= 0.6 is 23.4 Å². The van der Waals surface area contributed by atoms with Crippen LogP contribution in [-0.4, -0.2) is 32.0 Å². The fourth-order valence-corrected chi connectivity index (χ4v) is 3.27. The van der Waals surface area contributed by atoms with Crippen molar-refractivity contribution in [3.8, 4) is 17.5 Å². The minimum Gasteiger partial charge on any atom is -0.337 e. The van der Waals surface area contributed by atoms with Crippen LogP contribution < -0.4 is 5.32 Å². The number of amides is 1. The minimum atomic E-state index is -0.887. The van der Waals surface area contributed by atoms with Gasteiger partial charge in [0.15, 0.2) is 11.0 Å². The quantitative estimate of drug-likeness (QED) is 0.726. The number of carbonyl (C=O) groups is 1. The number of hydrogen-bond donors (Lipinski definition) is 1. The molecule has 0 fully saturated rings. The Morgan fingerprint density at radius 2 is 2.19 bits per heavy atom. The molecule has 1 unspecified atom stereocenters. The summed E-state index contributed by atoms with van der Waals surface area (Å²) in [7, 11) is 0. The summed E-state index contributed by atoms with van der Waals surface area (Å²) in [4.78, 5) is 12.3. The zero-order valence-electron chi connectivity index (χ0n) is 15.3. The second kappa shape index (κ2) is 8.56. The maximum atomic E-state index is 12.3. The number of nitrogens with one attached hydrogen (secondary N) is 1. The largest absolute Gasteiger partial charge is 0.337 e. The van der Waals surface area contributed by atoms with E-state index < -0.39 is 5.54 Å². The van der Waals surface area contributed by atoms with Crippen LogP contribution in [0.4, 0.5) is 0 Å². The Hall–Kier alpha value is -2.04.